The van der Waals surface area contributed by atoms with Crippen LogP contribution in [0.25, 0.3) is 10.4 Å². The zero-order valence-electron chi connectivity index (χ0n) is 14.4. The molecule has 0 radical (unpaired) electrons. The van der Waals surface area contributed by atoms with Crippen molar-refractivity contribution in [1.29, 1.82) is 0 Å². The third kappa shape index (κ3) is 4.54. The van der Waals surface area contributed by atoms with Gasteiger partial charge in [0.1, 0.15) is 0 Å². The highest BCUT2D eigenvalue weighted by molar-refractivity contribution is 7.89. The Hall–Kier alpha value is -3.12. The first kappa shape index (κ1) is 18.7. The van der Waals surface area contributed by atoms with Gasteiger partial charge in [-0.05, 0) is 28.8 Å². The van der Waals surface area contributed by atoms with Gasteiger partial charge in [0, 0.05) is 4.91 Å². The predicted octanol–water partition coefficient (Wildman–Crippen LogP) is 4.76. The van der Waals surface area contributed by atoms with E-state index in [0.717, 1.165) is 5.56 Å². The zero-order chi connectivity index (χ0) is 19.1. The molecule has 1 N–H and O–H groups in total. The van der Waals surface area contributed by atoms with Crippen molar-refractivity contribution in [2.24, 2.45) is 5.11 Å². The third-order valence-corrected chi connectivity index (χ3v) is 5.58. The van der Waals surface area contributed by atoms with Gasteiger partial charge in [-0.3, -0.25) is 0 Å². The fourth-order valence-corrected chi connectivity index (χ4v) is 4.09. The van der Waals surface area contributed by atoms with Gasteiger partial charge in [-0.15, -0.1) is 0 Å². The van der Waals surface area contributed by atoms with Crippen molar-refractivity contribution in [2.45, 2.75) is 17.0 Å². The predicted molar refractivity (Wildman–Crippen MR) is 104 cm³/mol. The molecule has 7 heteroatoms. The van der Waals surface area contributed by atoms with Crippen LogP contribution < -0.4 is 4.72 Å². The number of hydrogen-bond acceptors (Lipinski definition) is 3. The lowest BCUT2D eigenvalue weighted by atomic mass is 9.95. The molecule has 3 rings (SSSR count). The monoisotopic (exact) mass is 378 g/mol. The van der Waals surface area contributed by atoms with Crippen molar-refractivity contribution in [3.63, 3.8) is 0 Å². The first-order valence-electron chi connectivity index (χ1n) is 8.33. The first-order chi connectivity index (χ1) is 13.1. The second-order valence-corrected chi connectivity index (χ2v) is 7.60. The molecule has 2 atom stereocenters. The van der Waals surface area contributed by atoms with Crippen LogP contribution in [0, 0.1) is 0 Å². The number of rotatable bonds is 7. The molecule has 0 heterocycles. The zero-order valence-corrected chi connectivity index (χ0v) is 15.2. The minimum atomic E-state index is -3.81. The molecule has 3 aromatic carbocycles. The van der Waals surface area contributed by atoms with Crippen LogP contribution in [0.3, 0.4) is 0 Å². The van der Waals surface area contributed by atoms with Crippen molar-refractivity contribution >= 4 is 10.0 Å². The molecule has 0 spiro atoms. The van der Waals surface area contributed by atoms with Crippen LogP contribution in [0.2, 0.25) is 0 Å². The summed E-state index contributed by atoms with van der Waals surface area (Å²) in [4.78, 5) is 3.10. The molecule has 0 fully saturated rings. The highest BCUT2D eigenvalue weighted by atomic mass is 32.2. The Kier molecular flexibility index (Phi) is 5.88. The Bertz CT molecular complexity index is 1020. The van der Waals surface area contributed by atoms with E-state index in [1.807, 2.05) is 48.5 Å². The van der Waals surface area contributed by atoms with E-state index >= 15 is 0 Å². The summed E-state index contributed by atoms with van der Waals surface area (Å²) < 4.78 is 28.5. The molecular formula is C20H18N4O2S. The number of nitrogens with one attached hydrogen (secondary N) is 1. The maximum absolute atomic E-state index is 12.9. The number of azide groups is 1. The standard InChI is InChI=1S/C20H18N4O2S/c21-24-22-19(16-10-4-1-5-11-16)20(17-12-6-2-7-13-17)23-27(25,26)18-14-8-3-9-15-18/h1-15,19-20,23H/t19-,20+/m0/s1. The maximum Gasteiger partial charge on any atom is 0.241 e. The molecular weight excluding hydrogens is 360 g/mol. The second-order valence-electron chi connectivity index (χ2n) is 5.88. The van der Waals surface area contributed by atoms with Crippen LogP contribution in [-0.2, 0) is 10.0 Å². The van der Waals surface area contributed by atoms with Gasteiger partial charge in [0.2, 0.25) is 10.0 Å². The van der Waals surface area contributed by atoms with E-state index < -0.39 is 22.1 Å². The molecule has 0 unspecified atom stereocenters. The Labute approximate surface area is 158 Å². The minimum Gasteiger partial charge on any atom is -0.207 e. The fraction of sp³-hybridized carbons (Fsp3) is 0.100. The molecule has 6 nitrogen and oxygen atoms in total. The van der Waals surface area contributed by atoms with E-state index in [0.29, 0.717) is 5.56 Å². The molecule has 0 aliphatic carbocycles. The van der Waals surface area contributed by atoms with Gasteiger partial charge in [0.15, 0.2) is 0 Å². The molecule has 0 amide bonds. The summed E-state index contributed by atoms with van der Waals surface area (Å²) in [6, 6.07) is 24.8. The Balaban J connectivity index is 2.07. The van der Waals surface area contributed by atoms with Crippen molar-refractivity contribution in [1.82, 2.24) is 4.72 Å². The topological polar surface area (TPSA) is 94.9 Å². The van der Waals surface area contributed by atoms with Crippen molar-refractivity contribution in [2.75, 3.05) is 0 Å². The van der Waals surface area contributed by atoms with E-state index in [-0.39, 0.29) is 4.90 Å². The first-order valence-corrected chi connectivity index (χ1v) is 9.81. The normalized spacial score (nSPS) is 13.3. The van der Waals surface area contributed by atoms with Crippen LogP contribution in [-0.4, -0.2) is 8.42 Å². The van der Waals surface area contributed by atoms with Crippen LogP contribution in [0.5, 0.6) is 0 Å². The summed E-state index contributed by atoms with van der Waals surface area (Å²) in [6.45, 7) is 0. The molecule has 136 valence electrons. The maximum atomic E-state index is 12.9. The summed E-state index contributed by atoms with van der Waals surface area (Å²) >= 11 is 0. The van der Waals surface area contributed by atoms with Crippen molar-refractivity contribution in [3.05, 3.63) is 113 Å². The van der Waals surface area contributed by atoms with Gasteiger partial charge >= 0.3 is 0 Å². The number of hydrogen-bond donors (Lipinski definition) is 1. The molecule has 0 saturated carbocycles. The molecule has 0 saturated heterocycles. The summed E-state index contributed by atoms with van der Waals surface area (Å²) in [5.41, 5.74) is 10.5. The fourth-order valence-electron chi connectivity index (χ4n) is 2.84. The van der Waals surface area contributed by atoms with Crippen LogP contribution in [0.1, 0.15) is 23.2 Å². The van der Waals surface area contributed by atoms with Crippen molar-refractivity contribution < 1.29 is 8.42 Å². The highest BCUT2D eigenvalue weighted by Crippen LogP contribution is 2.33. The smallest absolute Gasteiger partial charge is 0.207 e. The van der Waals surface area contributed by atoms with Crippen LogP contribution in [0.15, 0.2) is 101 Å². The van der Waals surface area contributed by atoms with Gasteiger partial charge in [-0.1, -0.05) is 84.0 Å². The van der Waals surface area contributed by atoms with E-state index in [1.165, 1.54) is 12.1 Å². The van der Waals surface area contributed by atoms with E-state index in [9.17, 15) is 8.42 Å². The average Bonchev–Trinajstić information content (AvgIpc) is 2.72. The molecule has 0 bridgehead atoms. The second kappa shape index (κ2) is 8.51. The van der Waals surface area contributed by atoms with Crippen LogP contribution >= 0.6 is 0 Å². The lowest BCUT2D eigenvalue weighted by Gasteiger charge is -2.25. The van der Waals surface area contributed by atoms with Gasteiger partial charge in [0.25, 0.3) is 0 Å². The molecule has 0 aliphatic heterocycles. The Morgan fingerprint density at radius 1 is 0.778 bits per heavy atom. The summed E-state index contributed by atoms with van der Waals surface area (Å²) in [7, 11) is -3.81. The molecule has 0 aromatic heterocycles. The van der Waals surface area contributed by atoms with E-state index in [1.54, 1.807) is 30.3 Å². The number of nitrogens with zero attached hydrogens (tertiary/aromatic N) is 3. The Morgan fingerprint density at radius 3 is 1.78 bits per heavy atom. The summed E-state index contributed by atoms with van der Waals surface area (Å²) in [5, 5.41) is 3.90. The van der Waals surface area contributed by atoms with Crippen molar-refractivity contribution in [3.8, 4) is 0 Å². The minimum absolute atomic E-state index is 0.152. The van der Waals surface area contributed by atoms with E-state index in [4.69, 9.17) is 5.53 Å². The lowest BCUT2D eigenvalue weighted by Crippen LogP contribution is -2.32. The molecule has 3 aromatic rings. The van der Waals surface area contributed by atoms with Gasteiger partial charge in [-0.25, -0.2) is 13.1 Å². The van der Waals surface area contributed by atoms with E-state index in [2.05, 4.69) is 14.7 Å². The van der Waals surface area contributed by atoms with Crippen LogP contribution in [0.4, 0.5) is 0 Å². The summed E-state index contributed by atoms with van der Waals surface area (Å²) in [6.07, 6.45) is 0. The van der Waals surface area contributed by atoms with Gasteiger partial charge in [-0.2, -0.15) is 0 Å². The average molecular weight is 378 g/mol. The molecule has 0 aliphatic rings. The number of sulfonamides is 1. The lowest BCUT2D eigenvalue weighted by molar-refractivity contribution is 0.503. The third-order valence-electron chi connectivity index (χ3n) is 4.13. The quantitative estimate of drug-likeness (QED) is 0.364. The summed E-state index contributed by atoms with van der Waals surface area (Å²) in [5.74, 6) is 0. The molecule has 27 heavy (non-hydrogen) atoms. The highest BCUT2D eigenvalue weighted by Gasteiger charge is 2.29. The van der Waals surface area contributed by atoms with Gasteiger partial charge in [0.05, 0.1) is 17.0 Å². The largest absolute Gasteiger partial charge is 0.241 e. The number of benzene rings is 3. The van der Waals surface area contributed by atoms with Gasteiger partial charge < -0.3 is 0 Å². The Morgan fingerprint density at radius 2 is 1.26 bits per heavy atom. The SMILES string of the molecule is [N-]=[N+]=N[C@@H](c1ccccc1)[C@H](NS(=O)(=O)c1ccccc1)c1ccccc1.